The summed E-state index contributed by atoms with van der Waals surface area (Å²) >= 11 is 0. The lowest BCUT2D eigenvalue weighted by molar-refractivity contribution is 0.409. The Kier molecular flexibility index (Phi) is 3.70. The fourth-order valence-electron chi connectivity index (χ4n) is 1.35. The van der Waals surface area contributed by atoms with Gasteiger partial charge in [-0.2, -0.15) is 4.98 Å². The fraction of sp³-hybridized carbons (Fsp3) is 0.200. The lowest BCUT2D eigenvalue weighted by atomic mass is 10.2. The third-order valence-corrected chi connectivity index (χ3v) is 3.67. The summed E-state index contributed by atoms with van der Waals surface area (Å²) in [6, 6.07) is 6.43. The van der Waals surface area contributed by atoms with Gasteiger partial charge in [0.05, 0.1) is 11.4 Å². The second kappa shape index (κ2) is 5.25. The number of hydrogen-bond acceptors (Lipinski definition) is 6. The minimum atomic E-state index is -3.60. The van der Waals surface area contributed by atoms with Crippen molar-refractivity contribution in [2.24, 2.45) is 5.73 Å². The third-order valence-electron chi connectivity index (χ3n) is 2.27. The monoisotopic (exact) mass is 268 g/mol. The van der Waals surface area contributed by atoms with Crippen LogP contribution in [-0.4, -0.2) is 18.6 Å². The van der Waals surface area contributed by atoms with Gasteiger partial charge in [0.25, 0.3) is 0 Å². The molecule has 7 nitrogen and oxygen atoms in total. The van der Waals surface area contributed by atoms with Crippen LogP contribution < -0.4 is 10.5 Å². The van der Waals surface area contributed by atoms with Gasteiger partial charge < -0.3 is 10.3 Å². The number of rotatable bonds is 5. The molecule has 1 aromatic heterocycles. The first-order valence-corrected chi connectivity index (χ1v) is 6.64. The molecule has 1 aromatic carbocycles. The van der Waals surface area contributed by atoms with Crippen molar-refractivity contribution in [3.63, 3.8) is 0 Å². The van der Waals surface area contributed by atoms with Gasteiger partial charge in [-0.25, -0.2) is 13.1 Å². The molecular formula is C10H12N4O3S. The Bertz CT molecular complexity index is 610. The second-order valence-corrected chi connectivity index (χ2v) is 5.29. The molecule has 0 spiro atoms. The van der Waals surface area contributed by atoms with Gasteiger partial charge in [-0.3, -0.25) is 0 Å². The molecule has 0 saturated heterocycles. The summed E-state index contributed by atoms with van der Waals surface area (Å²) < 4.78 is 30.8. The highest BCUT2D eigenvalue weighted by Gasteiger charge is 2.14. The highest BCUT2D eigenvalue weighted by molar-refractivity contribution is 7.89. The Morgan fingerprint density at radius 3 is 2.89 bits per heavy atom. The molecule has 0 bridgehead atoms. The zero-order chi connectivity index (χ0) is 13.0. The van der Waals surface area contributed by atoms with Crippen LogP contribution in [0, 0.1) is 0 Å². The average molecular weight is 268 g/mol. The second-order valence-electron chi connectivity index (χ2n) is 3.52. The first-order valence-electron chi connectivity index (χ1n) is 5.16. The number of nitrogens with one attached hydrogen (secondary N) is 1. The molecule has 3 N–H and O–H groups in total. The van der Waals surface area contributed by atoms with Crippen LogP contribution in [0.1, 0.15) is 11.4 Å². The van der Waals surface area contributed by atoms with Gasteiger partial charge >= 0.3 is 0 Å². The minimum absolute atomic E-state index is 0.0221. The van der Waals surface area contributed by atoms with Gasteiger partial charge in [0.1, 0.15) is 0 Å². The van der Waals surface area contributed by atoms with E-state index in [2.05, 4.69) is 19.4 Å². The summed E-state index contributed by atoms with van der Waals surface area (Å²) in [5, 5.41) is 3.51. The van der Waals surface area contributed by atoms with Gasteiger partial charge in [0, 0.05) is 6.54 Å². The number of hydrogen-bond donors (Lipinski definition) is 2. The van der Waals surface area contributed by atoms with Crippen LogP contribution >= 0.6 is 0 Å². The van der Waals surface area contributed by atoms with E-state index in [0.29, 0.717) is 0 Å². The van der Waals surface area contributed by atoms with Crippen molar-refractivity contribution in [3.8, 4) is 0 Å². The van der Waals surface area contributed by atoms with Crippen LogP contribution in [0.25, 0.3) is 0 Å². The molecule has 96 valence electrons. The Morgan fingerprint density at radius 2 is 2.22 bits per heavy atom. The summed E-state index contributed by atoms with van der Waals surface area (Å²) in [7, 11) is -3.60. The Morgan fingerprint density at radius 1 is 1.39 bits per heavy atom. The number of nitrogens with two attached hydrogens (primary N) is 1. The Balaban J connectivity index is 2.14. The molecule has 0 fully saturated rings. The molecule has 1 heterocycles. The molecule has 0 radical (unpaired) electrons. The predicted octanol–water partition coefficient (Wildman–Crippen LogP) is 0.00680. The molecule has 0 saturated carbocycles. The summed E-state index contributed by atoms with van der Waals surface area (Å²) in [5.74, 6) is 0.272. The largest absolute Gasteiger partial charge is 0.343 e. The molecule has 0 aliphatic rings. The molecule has 0 unspecified atom stereocenters. The highest BCUT2D eigenvalue weighted by atomic mass is 32.2. The van der Waals surface area contributed by atoms with Gasteiger partial charge in [0.15, 0.2) is 5.82 Å². The van der Waals surface area contributed by atoms with E-state index in [-0.39, 0.29) is 23.8 Å². The molecule has 2 aromatic rings. The summed E-state index contributed by atoms with van der Waals surface area (Å²) in [4.78, 5) is 3.88. The van der Waals surface area contributed by atoms with Crippen LogP contribution in [0.4, 0.5) is 0 Å². The van der Waals surface area contributed by atoms with E-state index < -0.39 is 10.0 Å². The molecule has 2 rings (SSSR count). The summed E-state index contributed by atoms with van der Waals surface area (Å²) in [6.07, 6.45) is 1.14. The molecule has 0 aliphatic heterocycles. The fourth-order valence-corrected chi connectivity index (χ4v) is 2.40. The SMILES string of the molecule is NCc1cccc(S(=O)(=O)NCc2ncon2)c1. The molecule has 0 atom stereocenters. The van der Waals surface area contributed by atoms with Crippen molar-refractivity contribution in [3.05, 3.63) is 42.0 Å². The number of sulfonamides is 1. The maximum absolute atomic E-state index is 12.0. The standard InChI is InChI=1S/C10H12N4O3S/c11-5-8-2-1-3-9(4-8)18(15,16)13-6-10-12-7-17-14-10/h1-4,7,13H,5-6,11H2. The van der Waals surface area contributed by atoms with Crippen LogP contribution in [0.5, 0.6) is 0 Å². The molecule has 8 heteroatoms. The van der Waals surface area contributed by atoms with Crippen LogP contribution in [-0.2, 0) is 23.1 Å². The third kappa shape index (κ3) is 2.92. The van der Waals surface area contributed by atoms with Gasteiger partial charge in [-0.05, 0) is 17.7 Å². The predicted molar refractivity (Wildman–Crippen MR) is 62.7 cm³/mol. The van der Waals surface area contributed by atoms with Gasteiger partial charge in [0.2, 0.25) is 16.4 Å². The van der Waals surface area contributed by atoms with E-state index in [1.165, 1.54) is 12.1 Å². The summed E-state index contributed by atoms with van der Waals surface area (Å²) in [5.41, 5.74) is 6.21. The van der Waals surface area contributed by atoms with Crippen molar-refractivity contribution in [2.75, 3.05) is 0 Å². The van der Waals surface area contributed by atoms with Crippen molar-refractivity contribution >= 4 is 10.0 Å². The van der Waals surface area contributed by atoms with Crippen LogP contribution in [0.15, 0.2) is 40.1 Å². The van der Waals surface area contributed by atoms with Gasteiger partial charge in [-0.15, -0.1) is 0 Å². The van der Waals surface area contributed by atoms with Crippen LogP contribution in [0.2, 0.25) is 0 Å². The zero-order valence-electron chi connectivity index (χ0n) is 9.41. The maximum Gasteiger partial charge on any atom is 0.240 e. The highest BCUT2D eigenvalue weighted by Crippen LogP contribution is 2.11. The molecular weight excluding hydrogens is 256 g/mol. The lowest BCUT2D eigenvalue weighted by Crippen LogP contribution is -2.24. The minimum Gasteiger partial charge on any atom is -0.343 e. The van der Waals surface area contributed by atoms with E-state index in [0.717, 1.165) is 12.0 Å². The first kappa shape index (κ1) is 12.7. The quantitative estimate of drug-likeness (QED) is 0.790. The van der Waals surface area contributed by atoms with Crippen molar-refractivity contribution < 1.29 is 12.9 Å². The van der Waals surface area contributed by atoms with Crippen LogP contribution in [0.3, 0.4) is 0 Å². The van der Waals surface area contributed by atoms with Crippen molar-refractivity contribution in [1.29, 1.82) is 0 Å². The topological polar surface area (TPSA) is 111 Å². The Hall–Kier alpha value is -1.77. The van der Waals surface area contributed by atoms with Gasteiger partial charge in [-0.1, -0.05) is 17.3 Å². The molecule has 0 aliphatic carbocycles. The summed E-state index contributed by atoms with van der Waals surface area (Å²) in [6.45, 7) is 0.264. The lowest BCUT2D eigenvalue weighted by Gasteiger charge is -2.06. The van der Waals surface area contributed by atoms with Crippen molar-refractivity contribution in [1.82, 2.24) is 14.9 Å². The molecule has 18 heavy (non-hydrogen) atoms. The van der Waals surface area contributed by atoms with E-state index in [4.69, 9.17) is 5.73 Å². The zero-order valence-corrected chi connectivity index (χ0v) is 10.2. The number of aromatic nitrogens is 2. The smallest absolute Gasteiger partial charge is 0.240 e. The molecule has 0 amide bonds. The number of nitrogens with zero attached hydrogens (tertiary/aromatic N) is 2. The van der Waals surface area contributed by atoms with Crippen molar-refractivity contribution in [2.45, 2.75) is 18.0 Å². The van der Waals surface area contributed by atoms with E-state index >= 15 is 0 Å². The number of benzene rings is 1. The maximum atomic E-state index is 12.0. The first-order chi connectivity index (χ1) is 8.62. The van der Waals surface area contributed by atoms with E-state index in [1.807, 2.05) is 0 Å². The van der Waals surface area contributed by atoms with E-state index in [1.54, 1.807) is 12.1 Å². The Labute approximate surface area is 104 Å². The van der Waals surface area contributed by atoms with E-state index in [9.17, 15) is 8.42 Å². The average Bonchev–Trinajstić information content (AvgIpc) is 2.90. The normalized spacial score (nSPS) is 11.6.